The molecule has 0 radical (unpaired) electrons. The monoisotopic (exact) mass is 254 g/mol. The van der Waals surface area contributed by atoms with Crippen LogP contribution in [0.3, 0.4) is 0 Å². The Morgan fingerprint density at radius 3 is 1.39 bits per heavy atom. The van der Waals surface area contributed by atoms with Crippen molar-refractivity contribution < 1.29 is 0 Å². The van der Waals surface area contributed by atoms with E-state index < -0.39 is 0 Å². The van der Waals surface area contributed by atoms with Gasteiger partial charge >= 0.3 is 0 Å². The van der Waals surface area contributed by atoms with E-state index in [2.05, 4.69) is 27.7 Å². The first-order chi connectivity index (χ1) is 8.79. The Labute approximate surface area is 117 Å². The van der Waals surface area contributed by atoms with Crippen LogP contribution in [-0.2, 0) is 0 Å². The van der Waals surface area contributed by atoms with Crippen LogP contribution in [0.15, 0.2) is 0 Å². The number of rotatable bonds is 13. The normalized spacial score (nSPS) is 14.7. The van der Waals surface area contributed by atoms with Gasteiger partial charge in [0.1, 0.15) is 0 Å². The minimum atomic E-state index is 1.02. The number of hydrogen-bond acceptors (Lipinski definition) is 0. The molecule has 0 N–H and O–H groups in total. The van der Waals surface area contributed by atoms with Gasteiger partial charge in [-0.05, 0) is 11.8 Å². The predicted molar refractivity (Wildman–Crippen MR) is 85.1 cm³/mol. The SMILES string of the molecule is CCCCCCC(CCC)C(CCC)CCCC. The summed E-state index contributed by atoms with van der Waals surface area (Å²) in [6.07, 6.45) is 17.3. The lowest BCUT2D eigenvalue weighted by Gasteiger charge is -2.27. The van der Waals surface area contributed by atoms with Gasteiger partial charge in [0.25, 0.3) is 0 Å². The van der Waals surface area contributed by atoms with Crippen molar-refractivity contribution in [2.45, 2.75) is 105 Å². The summed E-state index contributed by atoms with van der Waals surface area (Å²) < 4.78 is 0. The van der Waals surface area contributed by atoms with E-state index in [9.17, 15) is 0 Å². The molecule has 0 rings (SSSR count). The quantitative estimate of drug-likeness (QED) is 0.311. The van der Waals surface area contributed by atoms with E-state index in [4.69, 9.17) is 0 Å². The molecule has 0 spiro atoms. The van der Waals surface area contributed by atoms with E-state index in [-0.39, 0.29) is 0 Å². The lowest BCUT2D eigenvalue weighted by Crippen LogP contribution is -2.15. The second-order valence-corrected chi connectivity index (χ2v) is 6.09. The Hall–Kier alpha value is 0. The third-order valence-corrected chi connectivity index (χ3v) is 4.34. The Balaban J connectivity index is 4.11. The van der Waals surface area contributed by atoms with E-state index in [1.807, 2.05) is 0 Å². The van der Waals surface area contributed by atoms with Gasteiger partial charge < -0.3 is 0 Å². The van der Waals surface area contributed by atoms with Gasteiger partial charge in [0.2, 0.25) is 0 Å². The van der Waals surface area contributed by atoms with Crippen molar-refractivity contribution >= 4 is 0 Å². The highest BCUT2D eigenvalue weighted by atomic mass is 14.2. The molecule has 0 aliphatic rings. The first-order valence-electron chi connectivity index (χ1n) is 8.79. The van der Waals surface area contributed by atoms with Gasteiger partial charge in [-0.25, -0.2) is 0 Å². The largest absolute Gasteiger partial charge is 0.0654 e. The van der Waals surface area contributed by atoms with E-state index in [1.54, 1.807) is 0 Å². The fourth-order valence-corrected chi connectivity index (χ4v) is 3.27. The summed E-state index contributed by atoms with van der Waals surface area (Å²) in [6, 6.07) is 0. The zero-order valence-corrected chi connectivity index (χ0v) is 13.6. The Kier molecular flexibility index (Phi) is 13.4. The van der Waals surface area contributed by atoms with Crippen molar-refractivity contribution in [2.75, 3.05) is 0 Å². The Bertz CT molecular complexity index is 150. The molecule has 0 saturated carbocycles. The molecule has 0 aromatic carbocycles. The average Bonchev–Trinajstić information content (AvgIpc) is 2.38. The Morgan fingerprint density at radius 1 is 0.444 bits per heavy atom. The van der Waals surface area contributed by atoms with Gasteiger partial charge in [-0.3, -0.25) is 0 Å². The van der Waals surface area contributed by atoms with Crippen LogP contribution >= 0.6 is 0 Å². The third-order valence-electron chi connectivity index (χ3n) is 4.34. The molecular formula is C18H38. The standard InChI is InChI=1S/C18H38/c1-5-9-11-12-16-18(14-8-4)17(13-7-3)15-10-6-2/h17-18H,5-16H2,1-4H3. The maximum Gasteiger partial charge on any atom is -0.0386 e. The molecule has 2 atom stereocenters. The summed E-state index contributed by atoms with van der Waals surface area (Å²) in [5.74, 6) is 2.05. The molecule has 0 fully saturated rings. The van der Waals surface area contributed by atoms with Gasteiger partial charge in [-0.2, -0.15) is 0 Å². The highest BCUT2D eigenvalue weighted by Gasteiger charge is 2.19. The van der Waals surface area contributed by atoms with Gasteiger partial charge in [-0.1, -0.05) is 105 Å². The zero-order valence-electron chi connectivity index (χ0n) is 13.6. The second-order valence-electron chi connectivity index (χ2n) is 6.09. The maximum atomic E-state index is 2.36. The van der Waals surface area contributed by atoms with E-state index in [0.29, 0.717) is 0 Å². The summed E-state index contributed by atoms with van der Waals surface area (Å²) in [5, 5.41) is 0. The lowest BCUT2D eigenvalue weighted by atomic mass is 9.79. The topological polar surface area (TPSA) is 0 Å². The molecule has 0 aromatic rings. The molecule has 110 valence electrons. The maximum absolute atomic E-state index is 2.36. The zero-order chi connectivity index (χ0) is 13.6. The van der Waals surface area contributed by atoms with Crippen LogP contribution in [0, 0.1) is 11.8 Å². The molecule has 0 heterocycles. The third kappa shape index (κ3) is 9.00. The first kappa shape index (κ1) is 18.0. The van der Waals surface area contributed by atoms with E-state index in [0.717, 1.165) is 11.8 Å². The summed E-state index contributed by atoms with van der Waals surface area (Å²) in [5.41, 5.74) is 0. The van der Waals surface area contributed by atoms with Crippen molar-refractivity contribution in [1.82, 2.24) is 0 Å². The summed E-state index contributed by atoms with van der Waals surface area (Å²) >= 11 is 0. The van der Waals surface area contributed by atoms with Crippen molar-refractivity contribution in [3.8, 4) is 0 Å². The fraction of sp³-hybridized carbons (Fsp3) is 1.00. The molecule has 0 nitrogen and oxygen atoms in total. The first-order valence-corrected chi connectivity index (χ1v) is 8.79. The molecule has 0 aromatic heterocycles. The Morgan fingerprint density at radius 2 is 0.944 bits per heavy atom. The van der Waals surface area contributed by atoms with Crippen molar-refractivity contribution in [3.05, 3.63) is 0 Å². The van der Waals surface area contributed by atoms with Crippen molar-refractivity contribution in [3.63, 3.8) is 0 Å². The molecule has 0 saturated heterocycles. The van der Waals surface area contributed by atoms with Gasteiger partial charge in [-0.15, -0.1) is 0 Å². The van der Waals surface area contributed by atoms with Crippen LogP contribution in [0.1, 0.15) is 105 Å². The predicted octanol–water partition coefficient (Wildman–Crippen LogP) is 6.98. The molecule has 0 amide bonds. The lowest BCUT2D eigenvalue weighted by molar-refractivity contribution is 0.247. The van der Waals surface area contributed by atoms with Crippen LogP contribution in [0.25, 0.3) is 0 Å². The molecule has 0 aliphatic heterocycles. The minimum absolute atomic E-state index is 1.02. The summed E-state index contributed by atoms with van der Waals surface area (Å²) in [7, 11) is 0. The van der Waals surface area contributed by atoms with Crippen LogP contribution in [0.4, 0.5) is 0 Å². The van der Waals surface area contributed by atoms with Crippen molar-refractivity contribution in [2.24, 2.45) is 11.8 Å². The molecular weight excluding hydrogens is 216 g/mol. The summed E-state index contributed by atoms with van der Waals surface area (Å²) in [6.45, 7) is 9.37. The molecule has 0 aliphatic carbocycles. The van der Waals surface area contributed by atoms with Crippen LogP contribution in [0.2, 0.25) is 0 Å². The molecule has 2 unspecified atom stereocenters. The van der Waals surface area contributed by atoms with Gasteiger partial charge in [0, 0.05) is 0 Å². The van der Waals surface area contributed by atoms with Crippen LogP contribution < -0.4 is 0 Å². The summed E-state index contributed by atoms with van der Waals surface area (Å²) in [4.78, 5) is 0. The van der Waals surface area contributed by atoms with Gasteiger partial charge in [0.05, 0.1) is 0 Å². The van der Waals surface area contributed by atoms with Crippen LogP contribution in [-0.4, -0.2) is 0 Å². The van der Waals surface area contributed by atoms with Gasteiger partial charge in [0.15, 0.2) is 0 Å². The number of unbranched alkanes of at least 4 members (excludes halogenated alkanes) is 4. The van der Waals surface area contributed by atoms with Crippen LogP contribution in [0.5, 0.6) is 0 Å². The fourth-order valence-electron chi connectivity index (χ4n) is 3.27. The second kappa shape index (κ2) is 13.4. The molecule has 0 heteroatoms. The number of hydrogen-bond donors (Lipinski definition) is 0. The van der Waals surface area contributed by atoms with E-state index in [1.165, 1.54) is 77.0 Å². The smallest absolute Gasteiger partial charge is 0.0386 e. The van der Waals surface area contributed by atoms with E-state index >= 15 is 0 Å². The molecule has 18 heavy (non-hydrogen) atoms. The average molecular weight is 255 g/mol. The highest BCUT2D eigenvalue weighted by molar-refractivity contribution is 4.70. The van der Waals surface area contributed by atoms with Crippen molar-refractivity contribution in [1.29, 1.82) is 0 Å². The highest BCUT2D eigenvalue weighted by Crippen LogP contribution is 2.31. The molecule has 0 bridgehead atoms. The minimum Gasteiger partial charge on any atom is -0.0654 e.